The molecule has 0 amide bonds. The molecule has 0 saturated carbocycles. The highest BCUT2D eigenvalue weighted by Gasteiger charge is 2.38. The monoisotopic (exact) mass is 226 g/mol. The Bertz CT molecular complexity index is 350. The molecule has 0 bridgehead atoms. The Morgan fingerprint density at radius 2 is 2.33 bits per heavy atom. The van der Waals surface area contributed by atoms with Crippen molar-refractivity contribution >= 4 is 17.3 Å². The lowest BCUT2D eigenvalue weighted by molar-refractivity contribution is -0.0167. The third kappa shape index (κ3) is 2.08. The van der Waals surface area contributed by atoms with Gasteiger partial charge in [0.15, 0.2) is 0 Å². The molecule has 1 fully saturated rings. The summed E-state index contributed by atoms with van der Waals surface area (Å²) in [6, 6.07) is 4.04. The third-order valence-electron chi connectivity index (χ3n) is 2.85. The number of alkyl halides is 1. The van der Waals surface area contributed by atoms with Crippen LogP contribution < -0.4 is 4.90 Å². The van der Waals surface area contributed by atoms with E-state index in [2.05, 4.69) is 16.8 Å². The molecule has 0 unspecified atom stereocenters. The van der Waals surface area contributed by atoms with Crippen molar-refractivity contribution in [2.45, 2.75) is 18.4 Å². The van der Waals surface area contributed by atoms with Crippen molar-refractivity contribution in [3.8, 4) is 0 Å². The number of nitrogens with zero attached hydrogens (tertiary/aromatic N) is 2. The highest BCUT2D eigenvalue weighted by molar-refractivity contribution is 6.16. The van der Waals surface area contributed by atoms with E-state index in [4.69, 9.17) is 16.3 Å². The Morgan fingerprint density at radius 1 is 1.60 bits per heavy atom. The first-order valence-electron chi connectivity index (χ1n) is 4.98. The van der Waals surface area contributed by atoms with Gasteiger partial charge in [0.2, 0.25) is 0 Å². The molecule has 15 heavy (non-hydrogen) atoms. The number of ether oxygens (including phenoxy) is 1. The molecule has 0 radical (unpaired) electrons. The van der Waals surface area contributed by atoms with Crippen molar-refractivity contribution in [1.82, 2.24) is 4.98 Å². The smallest absolute Gasteiger partial charge is 0.0998 e. The van der Waals surface area contributed by atoms with E-state index in [0.717, 1.165) is 18.8 Å². The third-order valence-corrected chi connectivity index (χ3v) is 3.12. The minimum Gasteiger partial charge on any atom is -0.375 e. The zero-order chi connectivity index (χ0) is 10.9. The molecule has 0 N–H and O–H groups in total. The fourth-order valence-electron chi connectivity index (χ4n) is 1.81. The molecular weight excluding hydrogens is 212 g/mol. The largest absolute Gasteiger partial charge is 0.375 e. The second kappa shape index (κ2) is 3.99. The van der Waals surface area contributed by atoms with Gasteiger partial charge in [-0.25, -0.2) is 0 Å². The summed E-state index contributed by atoms with van der Waals surface area (Å²) in [6.45, 7) is 3.97. The first-order valence-corrected chi connectivity index (χ1v) is 5.51. The first kappa shape index (κ1) is 10.7. The van der Waals surface area contributed by atoms with Gasteiger partial charge in [-0.1, -0.05) is 0 Å². The minimum atomic E-state index is 0.00436. The number of hydrogen-bond donors (Lipinski definition) is 0. The van der Waals surface area contributed by atoms with E-state index < -0.39 is 0 Å². The predicted molar refractivity (Wildman–Crippen MR) is 61.4 cm³/mol. The lowest BCUT2D eigenvalue weighted by atomic mass is 9.96. The van der Waals surface area contributed by atoms with Gasteiger partial charge < -0.3 is 9.64 Å². The summed E-state index contributed by atoms with van der Waals surface area (Å²) in [4.78, 5) is 6.43. The van der Waals surface area contributed by atoms with E-state index in [1.54, 1.807) is 13.3 Å². The molecule has 0 atom stereocenters. The van der Waals surface area contributed by atoms with Crippen LogP contribution in [0, 0.1) is 0 Å². The maximum absolute atomic E-state index is 5.74. The molecule has 2 heterocycles. The number of halogens is 1. The van der Waals surface area contributed by atoms with Crippen LogP contribution in [-0.4, -0.2) is 30.8 Å². The Balaban J connectivity index is 2.06. The Labute approximate surface area is 95.0 Å². The van der Waals surface area contributed by atoms with Crippen molar-refractivity contribution in [1.29, 1.82) is 0 Å². The molecule has 1 aromatic rings. The predicted octanol–water partition coefficient (Wildman–Crippen LogP) is 2.05. The van der Waals surface area contributed by atoms with Crippen molar-refractivity contribution in [3.05, 3.63) is 24.0 Å². The number of rotatable bonds is 3. The average Bonchev–Trinajstić information content (AvgIpc) is 2.25. The Morgan fingerprint density at radius 3 is 2.93 bits per heavy atom. The topological polar surface area (TPSA) is 25.4 Å². The van der Waals surface area contributed by atoms with Gasteiger partial charge >= 0.3 is 0 Å². The molecule has 0 aliphatic carbocycles. The summed E-state index contributed by atoms with van der Waals surface area (Å²) < 4.78 is 5.40. The van der Waals surface area contributed by atoms with Crippen molar-refractivity contribution in [2.75, 3.05) is 25.1 Å². The highest BCUT2D eigenvalue weighted by atomic mass is 35.5. The molecular formula is C11H15ClN2O. The summed E-state index contributed by atoms with van der Waals surface area (Å²) in [5.74, 6) is 0.462. The van der Waals surface area contributed by atoms with Gasteiger partial charge in [0.05, 0.1) is 17.2 Å². The zero-order valence-electron chi connectivity index (χ0n) is 9.03. The van der Waals surface area contributed by atoms with Crippen LogP contribution in [0.4, 0.5) is 5.69 Å². The fourth-order valence-corrected chi connectivity index (χ4v) is 1.95. The average molecular weight is 227 g/mol. The maximum atomic E-state index is 5.74. The van der Waals surface area contributed by atoms with E-state index in [0.29, 0.717) is 5.88 Å². The molecule has 82 valence electrons. The number of methoxy groups -OCH3 is 1. The standard InChI is InChI=1S/C11H15ClN2O/c1-11(15-2)7-14(8-11)10-3-4-13-9(5-10)6-12/h3-5H,6-8H2,1-2H3. The van der Waals surface area contributed by atoms with Crippen LogP contribution in [0.25, 0.3) is 0 Å². The van der Waals surface area contributed by atoms with Crippen LogP contribution in [0.1, 0.15) is 12.6 Å². The number of anilines is 1. The molecule has 1 aliphatic rings. The van der Waals surface area contributed by atoms with Crippen molar-refractivity contribution in [2.24, 2.45) is 0 Å². The van der Waals surface area contributed by atoms with Gasteiger partial charge in [-0.15, -0.1) is 11.6 Å². The van der Waals surface area contributed by atoms with E-state index in [1.165, 1.54) is 5.69 Å². The van der Waals surface area contributed by atoms with Gasteiger partial charge in [0.1, 0.15) is 0 Å². The molecule has 1 aromatic heterocycles. The summed E-state index contributed by atoms with van der Waals surface area (Å²) in [6.07, 6.45) is 1.80. The number of hydrogen-bond acceptors (Lipinski definition) is 3. The second-order valence-electron chi connectivity index (χ2n) is 4.15. The van der Waals surface area contributed by atoms with Crippen LogP contribution >= 0.6 is 11.6 Å². The van der Waals surface area contributed by atoms with Gasteiger partial charge in [-0.2, -0.15) is 0 Å². The molecule has 1 saturated heterocycles. The van der Waals surface area contributed by atoms with Gasteiger partial charge in [-0.05, 0) is 19.1 Å². The van der Waals surface area contributed by atoms with Crippen LogP contribution in [-0.2, 0) is 10.6 Å². The van der Waals surface area contributed by atoms with Gasteiger partial charge in [0.25, 0.3) is 0 Å². The van der Waals surface area contributed by atoms with Crippen LogP contribution in [0.3, 0.4) is 0 Å². The Hall–Kier alpha value is -0.800. The SMILES string of the molecule is COC1(C)CN(c2ccnc(CCl)c2)C1. The molecule has 2 rings (SSSR count). The van der Waals surface area contributed by atoms with Crippen LogP contribution in [0.15, 0.2) is 18.3 Å². The van der Waals surface area contributed by atoms with Crippen LogP contribution in [0.5, 0.6) is 0 Å². The van der Waals surface area contributed by atoms with E-state index in [-0.39, 0.29) is 5.60 Å². The lowest BCUT2D eigenvalue weighted by Crippen LogP contribution is -2.61. The minimum absolute atomic E-state index is 0.00436. The lowest BCUT2D eigenvalue weighted by Gasteiger charge is -2.48. The summed E-state index contributed by atoms with van der Waals surface area (Å²) in [7, 11) is 1.76. The normalized spacial score (nSPS) is 18.7. The molecule has 0 aromatic carbocycles. The summed E-state index contributed by atoms with van der Waals surface area (Å²) >= 11 is 5.74. The summed E-state index contributed by atoms with van der Waals surface area (Å²) in [5, 5.41) is 0. The van der Waals surface area contributed by atoms with E-state index >= 15 is 0 Å². The second-order valence-corrected chi connectivity index (χ2v) is 4.42. The summed E-state index contributed by atoms with van der Waals surface area (Å²) in [5.41, 5.74) is 2.10. The van der Waals surface area contributed by atoms with Gasteiger partial charge in [0, 0.05) is 32.1 Å². The number of aromatic nitrogens is 1. The van der Waals surface area contributed by atoms with Crippen molar-refractivity contribution < 1.29 is 4.74 Å². The Kier molecular flexibility index (Phi) is 2.85. The van der Waals surface area contributed by atoms with E-state index in [1.807, 2.05) is 12.1 Å². The first-order chi connectivity index (χ1) is 7.17. The molecule has 1 aliphatic heterocycles. The maximum Gasteiger partial charge on any atom is 0.0998 e. The van der Waals surface area contributed by atoms with E-state index in [9.17, 15) is 0 Å². The fraction of sp³-hybridized carbons (Fsp3) is 0.545. The molecule has 3 nitrogen and oxygen atoms in total. The van der Waals surface area contributed by atoms with Gasteiger partial charge in [-0.3, -0.25) is 4.98 Å². The highest BCUT2D eigenvalue weighted by Crippen LogP contribution is 2.29. The van der Waals surface area contributed by atoms with Crippen LogP contribution in [0.2, 0.25) is 0 Å². The quantitative estimate of drug-likeness (QED) is 0.738. The van der Waals surface area contributed by atoms with Crippen molar-refractivity contribution in [3.63, 3.8) is 0 Å². The number of pyridine rings is 1. The molecule has 4 heteroatoms. The molecule has 0 spiro atoms. The zero-order valence-corrected chi connectivity index (χ0v) is 9.79.